The maximum atomic E-state index is 12.5. The summed E-state index contributed by atoms with van der Waals surface area (Å²) in [7, 11) is 0. The number of rotatable bonds is 7. The fraction of sp³-hybridized carbons (Fsp3) is 0.412. The van der Waals surface area contributed by atoms with Crippen LogP contribution in [0.1, 0.15) is 30.1 Å². The predicted molar refractivity (Wildman–Crippen MR) is 83.2 cm³/mol. The van der Waals surface area contributed by atoms with Gasteiger partial charge in [-0.3, -0.25) is 14.4 Å². The van der Waals surface area contributed by atoms with Gasteiger partial charge in [0.25, 0.3) is 0 Å². The summed E-state index contributed by atoms with van der Waals surface area (Å²) in [6, 6.07) is 8.36. The van der Waals surface area contributed by atoms with E-state index in [-0.39, 0.29) is 32.6 Å². The summed E-state index contributed by atoms with van der Waals surface area (Å²) in [4.78, 5) is 49.1. The van der Waals surface area contributed by atoms with E-state index in [1.54, 1.807) is 37.3 Å². The third kappa shape index (κ3) is 4.18. The molecule has 0 spiro atoms. The molecule has 0 radical (unpaired) electrons. The molecule has 24 heavy (non-hydrogen) atoms. The van der Waals surface area contributed by atoms with E-state index < -0.39 is 29.7 Å². The lowest BCUT2D eigenvalue weighted by Crippen LogP contribution is -2.33. The van der Waals surface area contributed by atoms with Gasteiger partial charge in [-0.15, -0.1) is 0 Å². The van der Waals surface area contributed by atoms with Crippen LogP contribution in [0.3, 0.4) is 0 Å². The second-order valence-corrected chi connectivity index (χ2v) is 5.23. The molecule has 7 nitrogen and oxygen atoms in total. The Labute approximate surface area is 139 Å². The van der Waals surface area contributed by atoms with E-state index in [0.29, 0.717) is 5.56 Å². The predicted octanol–water partition coefficient (Wildman–Crippen LogP) is 1.81. The van der Waals surface area contributed by atoms with Gasteiger partial charge in [0.05, 0.1) is 13.2 Å². The number of imide groups is 1. The molecule has 1 saturated heterocycles. The first-order valence-electron chi connectivity index (χ1n) is 7.77. The Hall–Kier alpha value is -2.70. The van der Waals surface area contributed by atoms with Gasteiger partial charge in [0, 0.05) is 12.0 Å². The Morgan fingerprint density at radius 2 is 1.96 bits per heavy atom. The molecule has 1 fully saturated rings. The summed E-state index contributed by atoms with van der Waals surface area (Å²) >= 11 is 0. The third-order valence-corrected chi connectivity index (χ3v) is 3.65. The Kier molecular flexibility index (Phi) is 6.06. The van der Waals surface area contributed by atoms with Crippen molar-refractivity contribution >= 4 is 23.8 Å². The number of nitrogens with zero attached hydrogens (tertiary/aromatic N) is 1. The van der Waals surface area contributed by atoms with Crippen molar-refractivity contribution in [3.8, 4) is 0 Å². The summed E-state index contributed by atoms with van der Waals surface area (Å²) in [5, 5.41) is 0. The van der Waals surface area contributed by atoms with Crippen LogP contribution in [0.2, 0.25) is 0 Å². The molecule has 1 aromatic carbocycles. The van der Waals surface area contributed by atoms with Crippen LogP contribution in [-0.4, -0.2) is 48.4 Å². The average molecular weight is 333 g/mol. The molecule has 0 N–H and O–H groups in total. The molecule has 1 atom stereocenters. The number of ether oxygens (including phenoxy) is 2. The molecule has 0 bridgehead atoms. The Morgan fingerprint density at radius 1 is 1.25 bits per heavy atom. The second-order valence-electron chi connectivity index (χ2n) is 5.23. The van der Waals surface area contributed by atoms with E-state index in [0.717, 1.165) is 4.90 Å². The van der Waals surface area contributed by atoms with Crippen molar-refractivity contribution in [1.29, 1.82) is 0 Å². The number of carbonyl (C=O) groups is 4. The lowest BCUT2D eigenvalue weighted by Gasteiger charge is -2.16. The molecule has 2 rings (SSSR count). The quantitative estimate of drug-likeness (QED) is 0.429. The number of esters is 1. The minimum Gasteiger partial charge on any atom is -0.465 e. The number of ketones is 1. The topological polar surface area (TPSA) is 90.0 Å². The monoisotopic (exact) mass is 333 g/mol. The largest absolute Gasteiger partial charge is 0.465 e. The van der Waals surface area contributed by atoms with Gasteiger partial charge in [-0.2, -0.15) is 0 Å². The van der Waals surface area contributed by atoms with Crippen LogP contribution in [-0.2, 0) is 19.1 Å². The lowest BCUT2D eigenvalue weighted by atomic mass is 9.93. The van der Waals surface area contributed by atoms with Gasteiger partial charge in [0.1, 0.15) is 12.5 Å². The highest BCUT2D eigenvalue weighted by molar-refractivity contribution is 6.09. The molecule has 1 heterocycles. The molecule has 1 aliphatic rings. The van der Waals surface area contributed by atoms with Crippen molar-refractivity contribution in [2.75, 3.05) is 19.8 Å². The number of Topliss-reactive ketones (excluding diaryl/α,β-unsaturated/α-hetero) is 1. The highest BCUT2D eigenvalue weighted by Crippen LogP contribution is 2.18. The van der Waals surface area contributed by atoms with Crippen LogP contribution in [0.25, 0.3) is 0 Å². The molecule has 0 saturated carbocycles. The Bertz CT molecular complexity index is 627. The minimum atomic E-state index is -1.07. The van der Waals surface area contributed by atoms with Gasteiger partial charge in [0.15, 0.2) is 5.78 Å². The molecule has 1 aliphatic heterocycles. The zero-order valence-electron chi connectivity index (χ0n) is 13.4. The molecular formula is C17H19NO6. The van der Waals surface area contributed by atoms with Gasteiger partial charge in [0.2, 0.25) is 5.91 Å². The zero-order chi connectivity index (χ0) is 17.5. The molecule has 7 heteroatoms. The molecule has 0 aliphatic carbocycles. The maximum absolute atomic E-state index is 12.5. The number of hydrogen-bond acceptors (Lipinski definition) is 6. The highest BCUT2D eigenvalue weighted by Gasteiger charge is 2.33. The van der Waals surface area contributed by atoms with Gasteiger partial charge in [-0.05, 0) is 13.3 Å². The molecule has 0 aromatic heterocycles. The first kappa shape index (κ1) is 17.7. The molecule has 2 amide bonds. The normalized spacial score (nSPS) is 14.9. The highest BCUT2D eigenvalue weighted by atomic mass is 16.6. The van der Waals surface area contributed by atoms with Crippen LogP contribution < -0.4 is 0 Å². The Morgan fingerprint density at radius 3 is 2.54 bits per heavy atom. The summed E-state index contributed by atoms with van der Waals surface area (Å²) < 4.78 is 9.65. The number of hydrogen-bond donors (Lipinski definition) is 0. The SMILES string of the molecule is CCOC(=O)C(CCC(=O)N1CCOC1=O)C(=O)c1ccccc1. The van der Waals surface area contributed by atoms with E-state index in [2.05, 4.69) is 0 Å². The zero-order valence-corrected chi connectivity index (χ0v) is 13.4. The first-order chi connectivity index (χ1) is 11.5. The average Bonchev–Trinajstić information content (AvgIpc) is 3.02. The first-order valence-corrected chi connectivity index (χ1v) is 7.77. The van der Waals surface area contributed by atoms with Crippen LogP contribution >= 0.6 is 0 Å². The number of amides is 2. The summed E-state index contributed by atoms with van der Waals surface area (Å²) in [6.07, 6.45) is -0.825. The fourth-order valence-electron chi connectivity index (χ4n) is 2.43. The minimum absolute atomic E-state index is 0.0187. The lowest BCUT2D eigenvalue weighted by molar-refractivity contribution is -0.146. The number of carbonyl (C=O) groups excluding carboxylic acids is 4. The van der Waals surface area contributed by atoms with Gasteiger partial charge < -0.3 is 9.47 Å². The van der Waals surface area contributed by atoms with Crippen molar-refractivity contribution in [3.63, 3.8) is 0 Å². The number of cyclic esters (lactones) is 1. The standard InChI is InChI=1S/C17H19NO6/c1-2-23-16(21)13(15(20)12-6-4-3-5-7-12)8-9-14(19)18-10-11-24-17(18)22/h3-7,13H,2,8-11H2,1H3. The van der Waals surface area contributed by atoms with Crippen molar-refractivity contribution in [3.05, 3.63) is 35.9 Å². The van der Waals surface area contributed by atoms with Gasteiger partial charge in [-0.1, -0.05) is 30.3 Å². The fourth-order valence-corrected chi connectivity index (χ4v) is 2.43. The maximum Gasteiger partial charge on any atom is 0.416 e. The Balaban J connectivity index is 2.06. The van der Waals surface area contributed by atoms with Crippen LogP contribution in [0, 0.1) is 5.92 Å². The summed E-state index contributed by atoms with van der Waals surface area (Å²) in [5.74, 6) is -2.60. The van der Waals surface area contributed by atoms with Gasteiger partial charge in [-0.25, -0.2) is 9.69 Å². The van der Waals surface area contributed by atoms with Crippen molar-refractivity contribution in [2.24, 2.45) is 5.92 Å². The third-order valence-electron chi connectivity index (χ3n) is 3.65. The molecular weight excluding hydrogens is 314 g/mol. The molecule has 128 valence electrons. The van der Waals surface area contributed by atoms with E-state index >= 15 is 0 Å². The van der Waals surface area contributed by atoms with E-state index in [1.165, 1.54) is 0 Å². The summed E-state index contributed by atoms with van der Waals surface area (Å²) in [5.41, 5.74) is 0.378. The second kappa shape index (κ2) is 8.24. The van der Waals surface area contributed by atoms with Crippen molar-refractivity contribution < 1.29 is 28.7 Å². The van der Waals surface area contributed by atoms with Crippen LogP contribution in [0.15, 0.2) is 30.3 Å². The van der Waals surface area contributed by atoms with E-state index in [4.69, 9.17) is 9.47 Å². The van der Waals surface area contributed by atoms with E-state index in [9.17, 15) is 19.2 Å². The van der Waals surface area contributed by atoms with Crippen LogP contribution in [0.4, 0.5) is 4.79 Å². The number of benzene rings is 1. The van der Waals surface area contributed by atoms with E-state index in [1.807, 2.05) is 0 Å². The molecule has 1 aromatic rings. The van der Waals surface area contributed by atoms with Gasteiger partial charge >= 0.3 is 12.1 Å². The van der Waals surface area contributed by atoms with Crippen molar-refractivity contribution in [2.45, 2.75) is 19.8 Å². The molecule has 1 unspecified atom stereocenters. The summed E-state index contributed by atoms with van der Waals surface area (Å²) in [6.45, 7) is 2.14. The van der Waals surface area contributed by atoms with Crippen LogP contribution in [0.5, 0.6) is 0 Å². The van der Waals surface area contributed by atoms with Crippen molar-refractivity contribution in [1.82, 2.24) is 4.90 Å². The smallest absolute Gasteiger partial charge is 0.416 e.